The lowest BCUT2D eigenvalue weighted by Crippen LogP contribution is -2.00. The Morgan fingerprint density at radius 2 is 2.00 bits per heavy atom. The molecule has 0 heterocycles. The van der Waals surface area contributed by atoms with Gasteiger partial charge in [-0.1, -0.05) is 28.9 Å². The van der Waals surface area contributed by atoms with E-state index in [4.69, 9.17) is 5.11 Å². The second-order valence-electron chi connectivity index (χ2n) is 3.14. The summed E-state index contributed by atoms with van der Waals surface area (Å²) in [7, 11) is 0. The van der Waals surface area contributed by atoms with Crippen molar-refractivity contribution >= 4 is 21.9 Å². The fourth-order valence-corrected chi connectivity index (χ4v) is 1.80. The topological polar surface area (TPSA) is 37.3 Å². The summed E-state index contributed by atoms with van der Waals surface area (Å²) >= 11 is 3.35. The highest BCUT2D eigenvalue weighted by molar-refractivity contribution is 9.09. The first kappa shape index (κ1) is 11.2. The van der Waals surface area contributed by atoms with E-state index in [1.54, 1.807) is 12.1 Å². The van der Waals surface area contributed by atoms with E-state index >= 15 is 0 Å². The molecule has 0 atom stereocenters. The van der Waals surface area contributed by atoms with Crippen LogP contribution in [0.4, 0.5) is 0 Å². The molecule has 1 aromatic rings. The zero-order valence-corrected chi connectivity index (χ0v) is 9.67. The lowest BCUT2D eigenvalue weighted by Gasteiger charge is -2.04. The molecule has 0 unspecified atom stereocenters. The molecule has 0 radical (unpaired) electrons. The molecule has 0 aliphatic heterocycles. The minimum atomic E-state index is -0.851. The zero-order valence-electron chi connectivity index (χ0n) is 8.09. The quantitative estimate of drug-likeness (QED) is 0.842. The third-order valence-corrected chi connectivity index (χ3v) is 2.49. The number of benzene rings is 1. The third kappa shape index (κ3) is 2.84. The number of aryl methyl sites for hydroxylation is 2. The maximum Gasteiger partial charge on any atom is 0.335 e. The van der Waals surface area contributed by atoms with Crippen LogP contribution in [0.3, 0.4) is 0 Å². The lowest BCUT2D eigenvalue weighted by molar-refractivity contribution is 0.0696. The van der Waals surface area contributed by atoms with Crippen LogP contribution in [0.2, 0.25) is 0 Å². The van der Waals surface area contributed by atoms with Gasteiger partial charge >= 0.3 is 5.97 Å². The molecule has 2 nitrogen and oxygen atoms in total. The Hall–Kier alpha value is -0.830. The maximum atomic E-state index is 10.8. The van der Waals surface area contributed by atoms with Crippen LogP contribution in [0.25, 0.3) is 0 Å². The number of carbonyl (C=O) groups is 1. The molecule has 14 heavy (non-hydrogen) atoms. The van der Waals surface area contributed by atoms with Gasteiger partial charge in [0.1, 0.15) is 0 Å². The standard InChI is InChI=1S/C11H13BrO2/c1-2-8-5-9(3-4-12)7-10(6-8)11(13)14/h5-7H,2-4H2,1H3,(H,13,14). The van der Waals surface area contributed by atoms with Crippen molar-refractivity contribution in [1.82, 2.24) is 0 Å². The van der Waals surface area contributed by atoms with Crippen molar-refractivity contribution in [2.75, 3.05) is 5.33 Å². The van der Waals surface area contributed by atoms with Crippen molar-refractivity contribution in [3.8, 4) is 0 Å². The normalized spacial score (nSPS) is 10.1. The summed E-state index contributed by atoms with van der Waals surface area (Å²) in [5, 5.41) is 9.75. The van der Waals surface area contributed by atoms with Gasteiger partial charge in [0, 0.05) is 5.33 Å². The summed E-state index contributed by atoms with van der Waals surface area (Å²) in [4.78, 5) is 10.8. The van der Waals surface area contributed by atoms with E-state index in [9.17, 15) is 4.79 Å². The van der Waals surface area contributed by atoms with E-state index in [1.165, 1.54) is 0 Å². The first-order chi connectivity index (χ1) is 6.67. The van der Waals surface area contributed by atoms with Crippen molar-refractivity contribution in [1.29, 1.82) is 0 Å². The largest absolute Gasteiger partial charge is 0.478 e. The van der Waals surface area contributed by atoms with Crippen LogP contribution >= 0.6 is 15.9 Å². The molecular formula is C11H13BrO2. The SMILES string of the molecule is CCc1cc(CCBr)cc(C(=O)O)c1. The van der Waals surface area contributed by atoms with Crippen LogP contribution in [0.1, 0.15) is 28.4 Å². The van der Waals surface area contributed by atoms with Gasteiger partial charge in [-0.05, 0) is 36.1 Å². The summed E-state index contributed by atoms with van der Waals surface area (Å²) in [6.45, 7) is 2.03. The summed E-state index contributed by atoms with van der Waals surface area (Å²) in [5.41, 5.74) is 2.56. The molecule has 1 N–H and O–H groups in total. The summed E-state index contributed by atoms with van der Waals surface area (Å²) in [5.74, 6) is -0.851. The number of halogens is 1. The molecule has 1 rings (SSSR count). The van der Waals surface area contributed by atoms with Crippen molar-refractivity contribution in [3.63, 3.8) is 0 Å². The number of carboxylic acids is 1. The molecule has 0 bridgehead atoms. The summed E-state index contributed by atoms with van der Waals surface area (Å²) in [6, 6.07) is 5.54. The first-order valence-corrected chi connectivity index (χ1v) is 5.71. The highest BCUT2D eigenvalue weighted by Gasteiger charge is 2.05. The highest BCUT2D eigenvalue weighted by atomic mass is 79.9. The molecule has 76 valence electrons. The minimum absolute atomic E-state index is 0.389. The Balaban J connectivity index is 3.06. The van der Waals surface area contributed by atoms with Gasteiger partial charge in [-0.3, -0.25) is 0 Å². The molecule has 0 aliphatic rings. The van der Waals surface area contributed by atoms with Gasteiger partial charge in [0.05, 0.1) is 5.56 Å². The van der Waals surface area contributed by atoms with E-state index in [1.807, 2.05) is 6.92 Å². The predicted molar refractivity (Wildman–Crippen MR) is 60.3 cm³/mol. The van der Waals surface area contributed by atoms with Gasteiger partial charge in [0.15, 0.2) is 0 Å². The van der Waals surface area contributed by atoms with Crippen LogP contribution in [0.5, 0.6) is 0 Å². The highest BCUT2D eigenvalue weighted by Crippen LogP contribution is 2.12. The van der Waals surface area contributed by atoms with Crippen LogP contribution in [-0.4, -0.2) is 16.4 Å². The fraction of sp³-hybridized carbons (Fsp3) is 0.364. The van der Waals surface area contributed by atoms with Gasteiger partial charge in [-0.15, -0.1) is 0 Å². The molecule has 3 heteroatoms. The molecule has 0 amide bonds. The minimum Gasteiger partial charge on any atom is -0.478 e. The second kappa shape index (κ2) is 5.15. The third-order valence-electron chi connectivity index (χ3n) is 2.09. The van der Waals surface area contributed by atoms with Crippen LogP contribution < -0.4 is 0 Å². The predicted octanol–water partition coefficient (Wildman–Crippen LogP) is 2.88. The van der Waals surface area contributed by atoms with Gasteiger partial charge in [0.2, 0.25) is 0 Å². The van der Waals surface area contributed by atoms with Gasteiger partial charge in [0.25, 0.3) is 0 Å². The van der Waals surface area contributed by atoms with Crippen molar-refractivity contribution in [2.24, 2.45) is 0 Å². The number of hydrogen-bond donors (Lipinski definition) is 1. The Bertz CT molecular complexity index is 334. The van der Waals surface area contributed by atoms with Crippen LogP contribution in [0, 0.1) is 0 Å². The molecule has 1 aromatic carbocycles. The number of rotatable bonds is 4. The lowest BCUT2D eigenvalue weighted by atomic mass is 10.0. The summed E-state index contributed by atoms with van der Waals surface area (Å²) in [6.07, 6.45) is 1.74. The van der Waals surface area contributed by atoms with E-state index in [0.29, 0.717) is 5.56 Å². The van der Waals surface area contributed by atoms with Crippen molar-refractivity contribution in [2.45, 2.75) is 19.8 Å². The molecule has 0 saturated carbocycles. The molecule has 0 spiro atoms. The number of aromatic carboxylic acids is 1. The number of alkyl halides is 1. The summed E-state index contributed by atoms with van der Waals surface area (Å²) < 4.78 is 0. The van der Waals surface area contributed by atoms with Crippen molar-refractivity contribution < 1.29 is 9.90 Å². The zero-order chi connectivity index (χ0) is 10.6. The van der Waals surface area contributed by atoms with Crippen LogP contribution in [-0.2, 0) is 12.8 Å². The molecule has 0 fully saturated rings. The maximum absolute atomic E-state index is 10.8. The fourth-order valence-electron chi connectivity index (χ4n) is 1.34. The van der Waals surface area contributed by atoms with Gasteiger partial charge in [-0.2, -0.15) is 0 Å². The van der Waals surface area contributed by atoms with E-state index in [0.717, 1.165) is 29.3 Å². The molecular weight excluding hydrogens is 244 g/mol. The Morgan fingerprint density at radius 3 is 2.50 bits per heavy atom. The van der Waals surface area contributed by atoms with Crippen molar-refractivity contribution in [3.05, 3.63) is 34.9 Å². The van der Waals surface area contributed by atoms with Gasteiger partial charge in [-0.25, -0.2) is 4.79 Å². The Labute approximate surface area is 92.1 Å². The monoisotopic (exact) mass is 256 g/mol. The average molecular weight is 257 g/mol. The Kier molecular flexibility index (Phi) is 4.14. The second-order valence-corrected chi connectivity index (χ2v) is 3.93. The van der Waals surface area contributed by atoms with Gasteiger partial charge < -0.3 is 5.11 Å². The average Bonchev–Trinajstić information content (AvgIpc) is 2.17. The smallest absolute Gasteiger partial charge is 0.335 e. The molecule has 0 aromatic heterocycles. The first-order valence-electron chi connectivity index (χ1n) is 4.59. The molecule has 0 saturated heterocycles. The molecule has 0 aliphatic carbocycles. The van der Waals surface area contributed by atoms with Crippen LogP contribution in [0.15, 0.2) is 18.2 Å². The van der Waals surface area contributed by atoms with E-state index in [-0.39, 0.29) is 0 Å². The number of carboxylic acid groups (broad SMARTS) is 1. The van der Waals surface area contributed by atoms with E-state index in [2.05, 4.69) is 22.0 Å². The number of hydrogen-bond acceptors (Lipinski definition) is 1. The van der Waals surface area contributed by atoms with E-state index < -0.39 is 5.97 Å². The Morgan fingerprint density at radius 1 is 1.36 bits per heavy atom.